The molecule has 144 valence electrons. The second kappa shape index (κ2) is 7.43. The van der Waals surface area contributed by atoms with Crippen LogP contribution >= 0.6 is 0 Å². The Morgan fingerprint density at radius 2 is 1.76 bits per heavy atom. The summed E-state index contributed by atoms with van der Waals surface area (Å²) in [5.74, 6) is 0.821. The summed E-state index contributed by atoms with van der Waals surface area (Å²) >= 11 is 0. The molecule has 5 heteroatoms. The molecule has 3 N–H and O–H groups in total. The van der Waals surface area contributed by atoms with E-state index in [1.165, 1.54) is 0 Å². The van der Waals surface area contributed by atoms with Gasteiger partial charge in [0.05, 0.1) is 11.0 Å². The molecule has 1 fully saturated rings. The van der Waals surface area contributed by atoms with Crippen LogP contribution in [0.4, 0.5) is 5.69 Å². The van der Waals surface area contributed by atoms with E-state index < -0.39 is 6.04 Å². The van der Waals surface area contributed by atoms with Gasteiger partial charge in [-0.15, -0.1) is 0 Å². The molecule has 4 aromatic rings. The fourth-order valence-electron chi connectivity index (χ4n) is 3.47. The summed E-state index contributed by atoms with van der Waals surface area (Å²) in [4.78, 5) is 20.9. The fourth-order valence-corrected chi connectivity index (χ4v) is 3.47. The number of carbonyl (C=O) groups is 1. The molecule has 3 aromatic carbocycles. The predicted molar refractivity (Wildman–Crippen MR) is 116 cm³/mol. The second-order valence-corrected chi connectivity index (χ2v) is 7.45. The number of hydrogen-bond acceptors (Lipinski definition) is 3. The molecule has 1 amide bonds. The summed E-state index contributed by atoms with van der Waals surface area (Å²) in [5.41, 5.74) is 4.74. The van der Waals surface area contributed by atoms with Crippen molar-refractivity contribution < 1.29 is 4.79 Å². The van der Waals surface area contributed by atoms with E-state index in [1.807, 2.05) is 78.9 Å². The lowest BCUT2D eigenvalue weighted by Gasteiger charge is -2.20. The van der Waals surface area contributed by atoms with Gasteiger partial charge in [-0.3, -0.25) is 4.79 Å². The minimum atomic E-state index is -0.442. The first-order chi connectivity index (χ1) is 14.3. The van der Waals surface area contributed by atoms with Gasteiger partial charge in [-0.05, 0) is 42.7 Å². The highest BCUT2D eigenvalue weighted by Crippen LogP contribution is 2.27. The van der Waals surface area contributed by atoms with E-state index in [0.717, 1.165) is 46.5 Å². The van der Waals surface area contributed by atoms with E-state index >= 15 is 0 Å². The highest BCUT2D eigenvalue weighted by atomic mass is 16.2. The zero-order chi connectivity index (χ0) is 19.6. The van der Waals surface area contributed by atoms with Crippen molar-refractivity contribution in [2.24, 2.45) is 0 Å². The molecule has 0 radical (unpaired) electrons. The van der Waals surface area contributed by atoms with Gasteiger partial charge in [0.1, 0.15) is 11.9 Å². The predicted octanol–water partition coefficient (Wildman–Crippen LogP) is 4.66. The van der Waals surface area contributed by atoms with Crippen LogP contribution in [0.25, 0.3) is 22.4 Å². The van der Waals surface area contributed by atoms with Crippen molar-refractivity contribution in [3.63, 3.8) is 0 Å². The van der Waals surface area contributed by atoms with Crippen molar-refractivity contribution in [2.75, 3.05) is 5.32 Å². The molecule has 5 nitrogen and oxygen atoms in total. The van der Waals surface area contributed by atoms with Crippen molar-refractivity contribution in [1.29, 1.82) is 0 Å². The second-order valence-electron chi connectivity index (χ2n) is 7.45. The number of nitrogens with zero attached hydrogens (tertiary/aromatic N) is 1. The van der Waals surface area contributed by atoms with Gasteiger partial charge in [0.15, 0.2) is 0 Å². The minimum absolute atomic E-state index is 0.00726. The lowest BCUT2D eigenvalue weighted by Crippen LogP contribution is -2.34. The maximum Gasteiger partial charge on any atom is 0.247 e. The zero-order valence-electron chi connectivity index (χ0n) is 15.9. The molecule has 0 bridgehead atoms. The molecule has 1 heterocycles. The number of imidazole rings is 1. The first-order valence-electron chi connectivity index (χ1n) is 9.93. The molecule has 0 saturated heterocycles. The van der Waals surface area contributed by atoms with Gasteiger partial charge < -0.3 is 15.6 Å². The van der Waals surface area contributed by atoms with E-state index in [9.17, 15) is 4.79 Å². The van der Waals surface area contributed by atoms with Gasteiger partial charge in [0.25, 0.3) is 0 Å². The van der Waals surface area contributed by atoms with Gasteiger partial charge in [0, 0.05) is 17.3 Å². The first-order valence-corrected chi connectivity index (χ1v) is 9.93. The van der Waals surface area contributed by atoms with Crippen molar-refractivity contribution in [2.45, 2.75) is 24.9 Å². The number of aromatic amines is 1. The van der Waals surface area contributed by atoms with E-state index in [0.29, 0.717) is 6.04 Å². The van der Waals surface area contributed by atoms with Crippen LogP contribution in [-0.4, -0.2) is 21.9 Å². The van der Waals surface area contributed by atoms with Gasteiger partial charge in [-0.25, -0.2) is 4.98 Å². The Labute approximate surface area is 169 Å². The average Bonchev–Trinajstić information content (AvgIpc) is 3.46. The highest BCUT2D eigenvalue weighted by Gasteiger charge is 2.28. The molecule has 0 aliphatic heterocycles. The number of fused-ring (bicyclic) bond motifs is 1. The molecule has 1 atom stereocenters. The van der Waals surface area contributed by atoms with Crippen LogP contribution in [0.3, 0.4) is 0 Å². The number of para-hydroxylation sites is 2. The summed E-state index contributed by atoms with van der Waals surface area (Å²) < 4.78 is 0. The number of amides is 1. The van der Waals surface area contributed by atoms with Crippen LogP contribution in [0.5, 0.6) is 0 Å². The third kappa shape index (κ3) is 3.85. The monoisotopic (exact) mass is 382 g/mol. The number of hydrogen-bond donors (Lipinski definition) is 3. The third-order valence-corrected chi connectivity index (χ3v) is 5.16. The number of rotatable bonds is 6. The Hall–Kier alpha value is -3.60. The van der Waals surface area contributed by atoms with Gasteiger partial charge in [0.2, 0.25) is 5.91 Å². The fraction of sp³-hybridized carbons (Fsp3) is 0.167. The maximum atomic E-state index is 12.9. The topological polar surface area (TPSA) is 69.8 Å². The largest absolute Gasteiger partial charge is 0.370 e. The van der Waals surface area contributed by atoms with Crippen LogP contribution in [-0.2, 0) is 4.79 Å². The van der Waals surface area contributed by atoms with Crippen LogP contribution in [0, 0.1) is 0 Å². The SMILES string of the molecule is O=C(NC1CC1)[C@@H](Nc1cccc(-c2nc3ccccc3[nH]2)c1)c1ccccc1. The van der Waals surface area contributed by atoms with Gasteiger partial charge in [-0.2, -0.15) is 0 Å². The molecule has 0 unspecified atom stereocenters. The van der Waals surface area contributed by atoms with Crippen molar-refractivity contribution >= 4 is 22.6 Å². The van der Waals surface area contributed by atoms with E-state index in [2.05, 4.69) is 20.6 Å². The van der Waals surface area contributed by atoms with Crippen LogP contribution in [0.1, 0.15) is 24.4 Å². The average molecular weight is 382 g/mol. The Kier molecular flexibility index (Phi) is 4.48. The number of carbonyl (C=O) groups excluding carboxylic acids is 1. The number of aromatic nitrogens is 2. The number of nitrogens with one attached hydrogen (secondary N) is 3. The minimum Gasteiger partial charge on any atom is -0.370 e. The van der Waals surface area contributed by atoms with Gasteiger partial charge >= 0.3 is 0 Å². The molecular formula is C24H22N4O. The van der Waals surface area contributed by atoms with Crippen LogP contribution in [0.15, 0.2) is 78.9 Å². The molecular weight excluding hydrogens is 360 g/mol. The highest BCUT2D eigenvalue weighted by molar-refractivity contribution is 5.87. The lowest BCUT2D eigenvalue weighted by molar-refractivity contribution is -0.122. The molecule has 1 saturated carbocycles. The van der Waals surface area contributed by atoms with Crippen LogP contribution in [0.2, 0.25) is 0 Å². The smallest absolute Gasteiger partial charge is 0.247 e. The summed E-state index contributed by atoms with van der Waals surface area (Å²) in [6, 6.07) is 25.7. The van der Waals surface area contributed by atoms with E-state index in [1.54, 1.807) is 0 Å². The van der Waals surface area contributed by atoms with E-state index in [-0.39, 0.29) is 5.91 Å². The maximum absolute atomic E-state index is 12.9. The summed E-state index contributed by atoms with van der Waals surface area (Å²) in [6.45, 7) is 0. The Morgan fingerprint density at radius 3 is 2.55 bits per heavy atom. The summed E-state index contributed by atoms with van der Waals surface area (Å²) in [5, 5.41) is 6.54. The number of anilines is 1. The van der Waals surface area contributed by atoms with E-state index in [4.69, 9.17) is 0 Å². The number of H-pyrrole nitrogens is 1. The molecule has 29 heavy (non-hydrogen) atoms. The molecule has 1 aliphatic rings. The molecule has 0 spiro atoms. The van der Waals surface area contributed by atoms with Crippen molar-refractivity contribution in [3.05, 3.63) is 84.4 Å². The zero-order valence-corrected chi connectivity index (χ0v) is 15.9. The molecule has 1 aromatic heterocycles. The summed E-state index contributed by atoms with van der Waals surface area (Å²) in [6.07, 6.45) is 2.13. The first kappa shape index (κ1) is 17.5. The summed E-state index contributed by atoms with van der Waals surface area (Å²) in [7, 11) is 0. The van der Waals surface area contributed by atoms with Crippen molar-refractivity contribution in [1.82, 2.24) is 15.3 Å². The third-order valence-electron chi connectivity index (χ3n) is 5.16. The standard InChI is InChI=1S/C24H22N4O/c29-24(26-18-13-14-18)22(16-7-2-1-3-8-16)25-19-10-6-9-17(15-19)23-27-20-11-4-5-12-21(20)28-23/h1-12,15,18,22,25H,13-14H2,(H,26,29)(H,27,28)/t22-/m0/s1. The number of benzene rings is 3. The molecule has 1 aliphatic carbocycles. The van der Waals surface area contributed by atoms with Crippen LogP contribution < -0.4 is 10.6 Å². The quantitative estimate of drug-likeness (QED) is 0.454. The van der Waals surface area contributed by atoms with Gasteiger partial charge in [-0.1, -0.05) is 54.6 Å². The Balaban J connectivity index is 1.44. The van der Waals surface area contributed by atoms with Crippen molar-refractivity contribution in [3.8, 4) is 11.4 Å². The normalized spacial score (nSPS) is 14.5. The lowest BCUT2D eigenvalue weighted by atomic mass is 10.1. The Morgan fingerprint density at radius 1 is 0.966 bits per heavy atom. The molecule has 5 rings (SSSR count). The Bertz CT molecular complexity index is 1110.